The lowest BCUT2D eigenvalue weighted by Crippen LogP contribution is -2.29. The van der Waals surface area contributed by atoms with Crippen LogP contribution in [0.15, 0.2) is 18.2 Å². The topological polar surface area (TPSA) is 75.4 Å². The molecule has 0 saturated carbocycles. The summed E-state index contributed by atoms with van der Waals surface area (Å²) in [5, 5.41) is 2.63. The average Bonchev–Trinajstić information content (AvgIpc) is 2.80. The summed E-state index contributed by atoms with van der Waals surface area (Å²) >= 11 is 0. The van der Waals surface area contributed by atoms with E-state index in [0.717, 1.165) is 19.0 Å². The zero-order chi connectivity index (χ0) is 15.4. The van der Waals surface area contributed by atoms with Crippen LogP contribution in [0.2, 0.25) is 0 Å². The molecule has 5 nitrogen and oxygen atoms in total. The monoisotopic (exact) mass is 293 g/mol. The summed E-state index contributed by atoms with van der Waals surface area (Å²) in [7, 11) is 0. The van der Waals surface area contributed by atoms with Gasteiger partial charge in [-0.3, -0.25) is 9.59 Å². The zero-order valence-corrected chi connectivity index (χ0v) is 12.1. The van der Waals surface area contributed by atoms with Gasteiger partial charge in [0, 0.05) is 25.9 Å². The Morgan fingerprint density at radius 2 is 2.29 bits per heavy atom. The number of likely N-dealkylation sites (tertiary alicyclic amines) is 1. The molecule has 1 fully saturated rings. The van der Waals surface area contributed by atoms with Gasteiger partial charge >= 0.3 is 0 Å². The smallest absolute Gasteiger partial charge is 0.226 e. The molecule has 0 spiro atoms. The first-order valence-electron chi connectivity index (χ1n) is 7.12. The minimum absolute atomic E-state index is 0.107. The molecule has 21 heavy (non-hydrogen) atoms. The highest BCUT2D eigenvalue weighted by Crippen LogP contribution is 2.21. The second-order valence-corrected chi connectivity index (χ2v) is 5.35. The van der Waals surface area contributed by atoms with Gasteiger partial charge in [-0.1, -0.05) is 13.3 Å². The van der Waals surface area contributed by atoms with Crippen LogP contribution in [0.4, 0.5) is 15.8 Å². The van der Waals surface area contributed by atoms with Crippen LogP contribution in [0, 0.1) is 11.7 Å². The van der Waals surface area contributed by atoms with Crippen molar-refractivity contribution in [1.29, 1.82) is 0 Å². The van der Waals surface area contributed by atoms with E-state index in [1.165, 1.54) is 12.1 Å². The summed E-state index contributed by atoms with van der Waals surface area (Å²) in [6, 6.07) is 3.82. The molecule has 0 bridgehead atoms. The zero-order valence-electron chi connectivity index (χ0n) is 12.1. The molecule has 0 radical (unpaired) electrons. The summed E-state index contributed by atoms with van der Waals surface area (Å²) in [5.74, 6) is -0.177. The lowest BCUT2D eigenvalue weighted by atomic mass is 10.1. The van der Waals surface area contributed by atoms with Crippen LogP contribution in [-0.4, -0.2) is 29.8 Å². The predicted octanol–water partition coefficient (Wildman–Crippen LogP) is 1.99. The predicted molar refractivity (Wildman–Crippen MR) is 79.0 cm³/mol. The quantitative estimate of drug-likeness (QED) is 0.815. The summed E-state index contributed by atoms with van der Waals surface area (Å²) in [6.45, 7) is 3.19. The van der Waals surface area contributed by atoms with Crippen molar-refractivity contribution in [2.45, 2.75) is 26.2 Å². The van der Waals surface area contributed by atoms with Crippen molar-refractivity contribution in [2.75, 3.05) is 24.1 Å². The van der Waals surface area contributed by atoms with Crippen LogP contribution in [0.5, 0.6) is 0 Å². The highest BCUT2D eigenvalue weighted by atomic mass is 19.1. The van der Waals surface area contributed by atoms with E-state index in [1.54, 1.807) is 4.90 Å². The third kappa shape index (κ3) is 3.93. The maximum absolute atomic E-state index is 12.9. The van der Waals surface area contributed by atoms with Gasteiger partial charge < -0.3 is 16.0 Å². The fourth-order valence-electron chi connectivity index (χ4n) is 2.44. The Hall–Kier alpha value is -2.11. The van der Waals surface area contributed by atoms with Crippen LogP contribution < -0.4 is 11.1 Å². The first kappa shape index (κ1) is 15.3. The van der Waals surface area contributed by atoms with E-state index in [1.807, 2.05) is 0 Å². The molecule has 0 aromatic heterocycles. The number of halogens is 1. The molecule has 3 N–H and O–H groups in total. The van der Waals surface area contributed by atoms with Gasteiger partial charge in [-0.05, 0) is 24.1 Å². The Morgan fingerprint density at radius 3 is 2.90 bits per heavy atom. The van der Waals surface area contributed by atoms with E-state index in [2.05, 4.69) is 12.2 Å². The van der Waals surface area contributed by atoms with Crippen LogP contribution in [0.3, 0.4) is 0 Å². The number of nitrogens with one attached hydrogen (secondary N) is 1. The number of carbonyl (C=O) groups excluding carboxylic acids is 2. The van der Waals surface area contributed by atoms with Gasteiger partial charge in [-0.2, -0.15) is 0 Å². The van der Waals surface area contributed by atoms with E-state index >= 15 is 0 Å². The van der Waals surface area contributed by atoms with E-state index in [0.29, 0.717) is 24.6 Å². The SMILES string of the molecule is CCC1CC(=O)N(CCC(=O)Nc2ccc(F)cc2N)C1. The maximum atomic E-state index is 12.9. The molecule has 1 aliphatic heterocycles. The molecule has 1 unspecified atom stereocenters. The first-order valence-corrected chi connectivity index (χ1v) is 7.12. The van der Waals surface area contributed by atoms with Gasteiger partial charge in [-0.25, -0.2) is 4.39 Å². The summed E-state index contributed by atoms with van der Waals surface area (Å²) in [5.41, 5.74) is 6.20. The molecule has 0 aliphatic carbocycles. The van der Waals surface area contributed by atoms with Crippen LogP contribution in [0.25, 0.3) is 0 Å². The summed E-state index contributed by atoms with van der Waals surface area (Å²) in [6.07, 6.45) is 1.75. The van der Waals surface area contributed by atoms with Crippen molar-refractivity contribution in [3.05, 3.63) is 24.0 Å². The normalized spacial score (nSPS) is 18.1. The maximum Gasteiger partial charge on any atom is 0.226 e. The standard InChI is InChI=1S/C15H20FN3O2/c1-2-10-7-15(21)19(9-10)6-5-14(20)18-13-4-3-11(16)8-12(13)17/h3-4,8,10H,2,5-7,9,17H2,1H3,(H,18,20). The number of hydrogen-bond donors (Lipinski definition) is 2. The average molecular weight is 293 g/mol. The number of hydrogen-bond acceptors (Lipinski definition) is 3. The van der Waals surface area contributed by atoms with E-state index in [-0.39, 0.29) is 23.9 Å². The van der Waals surface area contributed by atoms with Crippen molar-refractivity contribution in [2.24, 2.45) is 5.92 Å². The van der Waals surface area contributed by atoms with Crippen LogP contribution in [0.1, 0.15) is 26.2 Å². The number of nitrogen functional groups attached to an aromatic ring is 1. The summed E-state index contributed by atoms with van der Waals surface area (Å²) in [4.78, 5) is 25.3. The fraction of sp³-hybridized carbons (Fsp3) is 0.467. The van der Waals surface area contributed by atoms with E-state index in [4.69, 9.17) is 5.73 Å². The minimum atomic E-state index is -0.446. The number of nitrogens with zero attached hydrogens (tertiary/aromatic N) is 1. The lowest BCUT2D eigenvalue weighted by molar-refractivity contribution is -0.128. The number of amides is 2. The largest absolute Gasteiger partial charge is 0.397 e. The highest BCUT2D eigenvalue weighted by Gasteiger charge is 2.28. The van der Waals surface area contributed by atoms with Crippen LogP contribution in [-0.2, 0) is 9.59 Å². The second-order valence-electron chi connectivity index (χ2n) is 5.35. The number of rotatable bonds is 5. The van der Waals surface area contributed by atoms with Crippen molar-refractivity contribution < 1.29 is 14.0 Å². The fourth-order valence-corrected chi connectivity index (χ4v) is 2.44. The van der Waals surface area contributed by atoms with Gasteiger partial charge in [0.25, 0.3) is 0 Å². The minimum Gasteiger partial charge on any atom is -0.397 e. The number of carbonyl (C=O) groups is 2. The molecule has 1 saturated heterocycles. The summed E-state index contributed by atoms with van der Waals surface area (Å²) < 4.78 is 12.9. The van der Waals surface area contributed by atoms with Gasteiger partial charge in [0.1, 0.15) is 5.82 Å². The Bertz CT molecular complexity index is 548. The van der Waals surface area contributed by atoms with Crippen molar-refractivity contribution in [3.8, 4) is 0 Å². The van der Waals surface area contributed by atoms with Gasteiger partial charge in [0.2, 0.25) is 11.8 Å². The van der Waals surface area contributed by atoms with E-state index < -0.39 is 5.82 Å². The van der Waals surface area contributed by atoms with Gasteiger partial charge in [0.15, 0.2) is 0 Å². The molecular formula is C15H20FN3O2. The number of nitrogens with two attached hydrogens (primary N) is 1. The van der Waals surface area contributed by atoms with Crippen molar-refractivity contribution in [3.63, 3.8) is 0 Å². The second kappa shape index (κ2) is 6.56. The van der Waals surface area contributed by atoms with Gasteiger partial charge in [0.05, 0.1) is 11.4 Å². The van der Waals surface area contributed by atoms with Gasteiger partial charge in [-0.15, -0.1) is 0 Å². The molecule has 1 aromatic rings. The van der Waals surface area contributed by atoms with Crippen molar-refractivity contribution in [1.82, 2.24) is 4.90 Å². The molecule has 2 rings (SSSR count). The van der Waals surface area contributed by atoms with Crippen LogP contribution >= 0.6 is 0 Å². The Kier molecular flexibility index (Phi) is 4.77. The molecule has 1 aliphatic rings. The molecule has 1 aromatic carbocycles. The highest BCUT2D eigenvalue weighted by molar-refractivity contribution is 5.94. The molecule has 6 heteroatoms. The Balaban J connectivity index is 1.84. The first-order chi connectivity index (χ1) is 9.99. The third-order valence-electron chi connectivity index (χ3n) is 3.77. The Labute approximate surface area is 123 Å². The molecule has 2 amide bonds. The lowest BCUT2D eigenvalue weighted by Gasteiger charge is -2.16. The number of benzene rings is 1. The van der Waals surface area contributed by atoms with Crippen molar-refractivity contribution >= 4 is 23.2 Å². The Morgan fingerprint density at radius 1 is 1.52 bits per heavy atom. The molecular weight excluding hydrogens is 273 g/mol. The molecule has 114 valence electrons. The number of anilines is 2. The third-order valence-corrected chi connectivity index (χ3v) is 3.77. The molecule has 1 heterocycles. The molecule has 1 atom stereocenters. The van der Waals surface area contributed by atoms with E-state index in [9.17, 15) is 14.0 Å².